The van der Waals surface area contributed by atoms with Crippen molar-refractivity contribution in [3.05, 3.63) is 167 Å². The van der Waals surface area contributed by atoms with E-state index in [1.165, 1.54) is 5.56 Å². The summed E-state index contributed by atoms with van der Waals surface area (Å²) in [6.07, 6.45) is 1.97. The Morgan fingerprint density at radius 3 is 1.88 bits per heavy atom. The number of phenolic OH excluding ortho intramolecular Hbond substituents is 1. The first-order valence-electron chi connectivity index (χ1n) is 23.2. The molecule has 0 saturated heterocycles. The summed E-state index contributed by atoms with van der Waals surface area (Å²) in [7, 11) is 0. The van der Waals surface area contributed by atoms with Crippen molar-refractivity contribution in [1.82, 2.24) is 14.5 Å². The third-order valence-corrected chi connectivity index (χ3v) is 11.6. The van der Waals surface area contributed by atoms with E-state index in [0.29, 0.717) is 17.0 Å². The van der Waals surface area contributed by atoms with Gasteiger partial charge in [0.15, 0.2) is 0 Å². The van der Waals surface area contributed by atoms with Gasteiger partial charge in [-0.1, -0.05) is 159 Å². The number of aromatic nitrogens is 3. The molecule has 0 saturated carbocycles. The number of rotatable bonds is 6. The van der Waals surface area contributed by atoms with Crippen LogP contribution in [0.2, 0.25) is 0 Å². The van der Waals surface area contributed by atoms with Crippen molar-refractivity contribution in [2.75, 3.05) is 0 Å². The number of fused-ring (bicyclic) bond motifs is 1. The van der Waals surface area contributed by atoms with Gasteiger partial charge in [-0.3, -0.25) is 9.55 Å². The van der Waals surface area contributed by atoms with Gasteiger partial charge in [-0.2, -0.15) is 0 Å². The minimum absolute atomic E-state index is 0.134. The summed E-state index contributed by atoms with van der Waals surface area (Å²) in [6, 6.07) is 33.2. The van der Waals surface area contributed by atoms with Gasteiger partial charge >= 0.3 is 0 Å². The first-order chi connectivity index (χ1) is 30.5. The van der Waals surface area contributed by atoms with E-state index in [2.05, 4.69) is 141 Å². The average molecular weight is 793 g/mol. The maximum Gasteiger partial charge on any atom is 0.149 e. The molecule has 302 valence electrons. The number of pyridine rings is 1. The van der Waals surface area contributed by atoms with Gasteiger partial charge in [-0.25, -0.2) is 4.98 Å². The lowest BCUT2D eigenvalue weighted by Crippen LogP contribution is -2.17. The molecule has 0 amide bonds. The molecule has 2 aromatic heterocycles. The Balaban J connectivity index is 1.42. The molecule has 0 aliphatic rings. The minimum Gasteiger partial charge on any atom is -0.507 e. The Morgan fingerprint density at radius 2 is 1.23 bits per heavy atom. The quantitative estimate of drug-likeness (QED) is 0.182. The van der Waals surface area contributed by atoms with E-state index in [-0.39, 0.29) is 51.7 Å². The fourth-order valence-electron chi connectivity index (χ4n) is 8.19. The Bertz CT molecular complexity index is 3140. The van der Waals surface area contributed by atoms with Crippen molar-refractivity contribution in [1.29, 1.82) is 0 Å². The molecule has 0 spiro atoms. The van der Waals surface area contributed by atoms with E-state index in [4.69, 9.17) is 16.8 Å². The van der Waals surface area contributed by atoms with E-state index in [1.807, 2.05) is 36.5 Å². The predicted molar refractivity (Wildman–Crippen MR) is 253 cm³/mol. The summed E-state index contributed by atoms with van der Waals surface area (Å²) < 4.78 is 44.2. The SMILES string of the molecule is [2H]c1c([2H])c([2H])c(-c2ccc(-n3c(-c4cc(C(C)(C)C)cc(C(C)(C)C)c4O)nc4c(-c5cc(-c6ncc(C)c(-c7ccccc7)c6C)cc(C(C)(C)C)c5)cccc43)cc2)c([2H])c1[2H]. The number of nitrogens with zero attached hydrogens (tertiary/aromatic N) is 3. The second-order valence-electron chi connectivity index (χ2n) is 19.1. The lowest BCUT2D eigenvalue weighted by molar-refractivity contribution is 0.446. The summed E-state index contributed by atoms with van der Waals surface area (Å²) in [4.78, 5) is 10.6. The fourth-order valence-corrected chi connectivity index (χ4v) is 8.19. The molecule has 0 aliphatic carbocycles. The monoisotopic (exact) mass is 792 g/mol. The molecule has 4 nitrogen and oxygen atoms in total. The van der Waals surface area contributed by atoms with Gasteiger partial charge in [-0.05, 0) is 117 Å². The van der Waals surface area contributed by atoms with Crippen molar-refractivity contribution in [3.8, 4) is 67.5 Å². The van der Waals surface area contributed by atoms with Gasteiger partial charge in [0.1, 0.15) is 11.6 Å². The van der Waals surface area contributed by atoms with Crippen molar-refractivity contribution >= 4 is 11.0 Å². The smallest absolute Gasteiger partial charge is 0.149 e. The fraction of sp³-hybridized carbons (Fsp3) is 0.250. The Hall–Kier alpha value is -6.26. The molecule has 0 atom stereocenters. The number of aryl methyl sites for hydroxylation is 1. The van der Waals surface area contributed by atoms with Gasteiger partial charge in [-0.15, -0.1) is 0 Å². The first-order valence-corrected chi connectivity index (χ1v) is 20.7. The maximum atomic E-state index is 12.4. The number of para-hydroxylation sites is 1. The second-order valence-corrected chi connectivity index (χ2v) is 19.1. The van der Waals surface area contributed by atoms with Crippen LogP contribution in [0.4, 0.5) is 0 Å². The standard InChI is InChI=1S/C56H57N3O/c1-35-34-57-50(36(2)49(35)39-21-16-13-17-22-39)41-29-40(30-42(31-41)54(3,4)5)45-23-18-24-48-51(45)58-53(46-32-43(55(6,7)8)33-47(52(46)60)56(9,10)11)59(48)44-27-25-38(26-28-44)37-19-14-12-15-20-37/h12-34,60H,1-11H3/i12D,14D,15D,19D,20D. The highest BCUT2D eigenvalue weighted by molar-refractivity contribution is 5.97. The highest BCUT2D eigenvalue weighted by atomic mass is 16.3. The maximum absolute atomic E-state index is 12.4. The summed E-state index contributed by atoms with van der Waals surface area (Å²) in [5, 5.41) is 12.4. The molecular weight excluding hydrogens is 731 g/mol. The van der Waals surface area contributed by atoms with Gasteiger partial charge in [0, 0.05) is 28.6 Å². The van der Waals surface area contributed by atoms with Crippen LogP contribution < -0.4 is 0 Å². The number of hydrogen-bond donors (Lipinski definition) is 1. The molecule has 0 bridgehead atoms. The molecule has 0 radical (unpaired) electrons. The van der Waals surface area contributed by atoms with Crippen LogP contribution in [0, 0.1) is 13.8 Å². The van der Waals surface area contributed by atoms with Crippen molar-refractivity contribution < 1.29 is 12.0 Å². The Labute approximate surface area is 363 Å². The molecule has 8 rings (SSSR count). The van der Waals surface area contributed by atoms with Crippen molar-refractivity contribution in [3.63, 3.8) is 0 Å². The van der Waals surface area contributed by atoms with Crippen LogP contribution in [0.25, 0.3) is 72.7 Å². The summed E-state index contributed by atoms with van der Waals surface area (Å²) in [5.74, 6) is 0.708. The van der Waals surface area contributed by atoms with E-state index >= 15 is 0 Å². The normalized spacial score (nSPS) is 13.5. The highest BCUT2D eigenvalue weighted by Gasteiger charge is 2.29. The molecule has 6 aromatic carbocycles. The summed E-state index contributed by atoms with van der Waals surface area (Å²) in [5.41, 5.74) is 14.1. The number of benzene rings is 6. The van der Waals surface area contributed by atoms with Crippen LogP contribution in [-0.4, -0.2) is 19.6 Å². The van der Waals surface area contributed by atoms with E-state index < -0.39 is 6.04 Å². The molecule has 1 N–H and O–H groups in total. The van der Waals surface area contributed by atoms with Gasteiger partial charge in [0.05, 0.1) is 29.1 Å². The molecular formula is C56H57N3O. The van der Waals surface area contributed by atoms with Gasteiger partial charge in [0.2, 0.25) is 0 Å². The van der Waals surface area contributed by atoms with Crippen LogP contribution >= 0.6 is 0 Å². The predicted octanol–water partition coefficient (Wildman–Crippen LogP) is 15.0. The molecule has 8 aromatic rings. The zero-order valence-corrected chi connectivity index (χ0v) is 36.7. The Kier molecular flexibility index (Phi) is 8.70. The Morgan fingerprint density at radius 1 is 0.583 bits per heavy atom. The number of aromatic hydroxyl groups is 1. The summed E-state index contributed by atoms with van der Waals surface area (Å²) in [6.45, 7) is 23.7. The third-order valence-electron chi connectivity index (χ3n) is 11.6. The molecule has 2 heterocycles. The van der Waals surface area contributed by atoms with Crippen LogP contribution in [-0.2, 0) is 16.2 Å². The zero-order valence-electron chi connectivity index (χ0n) is 41.7. The van der Waals surface area contributed by atoms with E-state index in [9.17, 15) is 5.11 Å². The topological polar surface area (TPSA) is 50.9 Å². The van der Waals surface area contributed by atoms with Crippen LogP contribution in [0.5, 0.6) is 5.75 Å². The number of phenols is 1. The van der Waals surface area contributed by atoms with Crippen molar-refractivity contribution in [2.24, 2.45) is 0 Å². The number of imidazole rings is 1. The lowest BCUT2D eigenvalue weighted by Gasteiger charge is -2.27. The molecule has 0 aliphatic heterocycles. The number of hydrogen-bond acceptors (Lipinski definition) is 3. The van der Waals surface area contributed by atoms with Gasteiger partial charge < -0.3 is 5.11 Å². The summed E-state index contributed by atoms with van der Waals surface area (Å²) >= 11 is 0. The molecule has 0 fully saturated rings. The van der Waals surface area contributed by atoms with Crippen molar-refractivity contribution in [2.45, 2.75) is 92.4 Å². The zero-order chi connectivity index (χ0) is 47.1. The van der Waals surface area contributed by atoms with Crippen LogP contribution in [0.1, 0.15) is 97.0 Å². The average Bonchev–Trinajstić information content (AvgIpc) is 3.64. The largest absolute Gasteiger partial charge is 0.507 e. The third kappa shape index (κ3) is 7.56. The second kappa shape index (κ2) is 15.1. The minimum atomic E-state index is -0.431. The molecule has 4 heteroatoms. The lowest BCUT2D eigenvalue weighted by atomic mass is 9.79. The molecule has 60 heavy (non-hydrogen) atoms. The van der Waals surface area contributed by atoms with E-state index in [1.54, 1.807) is 12.1 Å². The highest BCUT2D eigenvalue weighted by Crippen LogP contribution is 2.45. The first kappa shape index (κ1) is 34.6. The van der Waals surface area contributed by atoms with Gasteiger partial charge in [0.25, 0.3) is 0 Å². The van der Waals surface area contributed by atoms with Crippen LogP contribution in [0.15, 0.2) is 140 Å². The van der Waals surface area contributed by atoms with Crippen LogP contribution in [0.3, 0.4) is 0 Å². The molecule has 0 unspecified atom stereocenters. The van der Waals surface area contributed by atoms with E-state index in [0.717, 1.165) is 72.5 Å².